The Labute approximate surface area is 310 Å². The summed E-state index contributed by atoms with van der Waals surface area (Å²) in [4.78, 5) is 25.4. The molecule has 0 unspecified atom stereocenters. The molecule has 8 rings (SSSR count). The van der Waals surface area contributed by atoms with Crippen LogP contribution >= 0.6 is 0 Å². The van der Waals surface area contributed by atoms with Crippen molar-refractivity contribution in [3.05, 3.63) is 175 Å². The molecule has 5 heteroatoms. The molecule has 2 heterocycles. The number of allylic oxidation sites excluding steroid dienone is 2. The Morgan fingerprint density at radius 1 is 0.528 bits per heavy atom. The molecule has 5 nitrogen and oxygen atoms in total. The lowest BCUT2D eigenvalue weighted by atomic mass is 9.93. The maximum atomic E-state index is 5.14. The van der Waals surface area contributed by atoms with Crippen LogP contribution in [0.2, 0.25) is 0 Å². The Morgan fingerprint density at radius 2 is 1.11 bits per heavy atom. The molecular formula is C48H37N5. The standard InChI is InChI=1S/C48H37N5/c1-5-31(3)42-30-43(39-23-15-21-33(6-2)32(39)4)50-45(49-42)38-26-24-35(25-27-38)41-29-28-34-16-13-14-22-40(34)44(41)48-52-46(36-17-9-7-10-18-36)51-47(53-48)37-19-11-8-12-20-37/h5-30H,2H2,1,3-4H3/b31-5+. The van der Waals surface area contributed by atoms with Crippen molar-refractivity contribution in [2.75, 3.05) is 0 Å². The van der Waals surface area contributed by atoms with Gasteiger partial charge in [-0.25, -0.2) is 24.9 Å². The van der Waals surface area contributed by atoms with Gasteiger partial charge in [-0.15, -0.1) is 0 Å². The van der Waals surface area contributed by atoms with Crippen molar-refractivity contribution < 1.29 is 0 Å². The third kappa shape index (κ3) is 6.57. The molecule has 0 spiro atoms. The van der Waals surface area contributed by atoms with E-state index in [-0.39, 0.29) is 0 Å². The molecule has 0 saturated carbocycles. The van der Waals surface area contributed by atoms with E-state index in [2.05, 4.69) is 111 Å². The van der Waals surface area contributed by atoms with Crippen LogP contribution < -0.4 is 0 Å². The zero-order valence-corrected chi connectivity index (χ0v) is 30.0. The van der Waals surface area contributed by atoms with Crippen molar-refractivity contribution in [1.82, 2.24) is 24.9 Å². The van der Waals surface area contributed by atoms with Gasteiger partial charge in [-0.1, -0.05) is 158 Å². The second-order valence-electron chi connectivity index (χ2n) is 13.0. The predicted octanol–water partition coefficient (Wildman–Crippen LogP) is 12.2. The zero-order chi connectivity index (χ0) is 36.3. The molecule has 8 aromatic rings. The molecule has 0 saturated heterocycles. The molecule has 254 valence electrons. The van der Waals surface area contributed by atoms with E-state index in [0.29, 0.717) is 23.3 Å². The summed E-state index contributed by atoms with van der Waals surface area (Å²) in [6.45, 7) is 10.2. The highest BCUT2D eigenvalue weighted by Gasteiger charge is 2.19. The van der Waals surface area contributed by atoms with E-state index in [0.717, 1.165) is 77.8 Å². The summed E-state index contributed by atoms with van der Waals surface area (Å²) in [5.41, 5.74) is 12.0. The number of aromatic nitrogens is 5. The summed E-state index contributed by atoms with van der Waals surface area (Å²) >= 11 is 0. The largest absolute Gasteiger partial charge is 0.228 e. The first-order valence-corrected chi connectivity index (χ1v) is 17.8. The van der Waals surface area contributed by atoms with Crippen molar-refractivity contribution in [2.45, 2.75) is 20.8 Å². The van der Waals surface area contributed by atoms with Gasteiger partial charge in [0, 0.05) is 27.8 Å². The van der Waals surface area contributed by atoms with Crippen molar-refractivity contribution in [3.8, 4) is 67.9 Å². The first-order chi connectivity index (χ1) is 26.0. The van der Waals surface area contributed by atoms with Gasteiger partial charge in [-0.2, -0.15) is 0 Å². The van der Waals surface area contributed by atoms with Crippen LogP contribution in [0.1, 0.15) is 30.7 Å². The van der Waals surface area contributed by atoms with Crippen LogP contribution in [0.5, 0.6) is 0 Å². The third-order valence-electron chi connectivity index (χ3n) is 9.74. The minimum absolute atomic E-state index is 0.619. The molecular weight excluding hydrogens is 647 g/mol. The number of hydrogen-bond donors (Lipinski definition) is 0. The topological polar surface area (TPSA) is 64.5 Å². The van der Waals surface area contributed by atoms with Gasteiger partial charge in [-0.05, 0) is 65.4 Å². The number of nitrogens with zero attached hydrogens (tertiary/aromatic N) is 5. The smallest absolute Gasteiger partial charge is 0.165 e. The number of rotatable bonds is 8. The molecule has 0 bridgehead atoms. The van der Waals surface area contributed by atoms with Gasteiger partial charge in [0.1, 0.15) is 0 Å². The van der Waals surface area contributed by atoms with Crippen LogP contribution in [0.4, 0.5) is 0 Å². The number of hydrogen-bond acceptors (Lipinski definition) is 5. The monoisotopic (exact) mass is 683 g/mol. The fraction of sp³-hybridized carbons (Fsp3) is 0.0625. The van der Waals surface area contributed by atoms with Crippen LogP contribution in [0.3, 0.4) is 0 Å². The lowest BCUT2D eigenvalue weighted by molar-refractivity contribution is 1.08. The van der Waals surface area contributed by atoms with Crippen molar-refractivity contribution in [1.29, 1.82) is 0 Å². The summed E-state index contributed by atoms with van der Waals surface area (Å²) in [5, 5.41) is 2.18. The zero-order valence-electron chi connectivity index (χ0n) is 30.0. The molecule has 0 aliphatic rings. The molecule has 0 atom stereocenters. The maximum absolute atomic E-state index is 5.14. The Morgan fingerprint density at radius 3 is 1.77 bits per heavy atom. The molecule has 0 aliphatic heterocycles. The predicted molar refractivity (Wildman–Crippen MR) is 220 cm³/mol. The van der Waals surface area contributed by atoms with Gasteiger partial charge in [0.2, 0.25) is 0 Å². The number of fused-ring (bicyclic) bond motifs is 1. The van der Waals surface area contributed by atoms with Gasteiger partial charge in [0.05, 0.1) is 11.4 Å². The molecule has 2 aromatic heterocycles. The fourth-order valence-corrected chi connectivity index (χ4v) is 6.69. The second-order valence-corrected chi connectivity index (χ2v) is 13.0. The van der Waals surface area contributed by atoms with Crippen LogP contribution in [-0.2, 0) is 0 Å². The van der Waals surface area contributed by atoms with E-state index < -0.39 is 0 Å². The average molecular weight is 684 g/mol. The van der Waals surface area contributed by atoms with Crippen LogP contribution in [0.15, 0.2) is 158 Å². The summed E-state index contributed by atoms with van der Waals surface area (Å²) in [7, 11) is 0. The second kappa shape index (κ2) is 14.4. The van der Waals surface area contributed by atoms with Gasteiger partial charge in [0.15, 0.2) is 23.3 Å². The van der Waals surface area contributed by atoms with Crippen LogP contribution in [0, 0.1) is 6.92 Å². The summed E-state index contributed by atoms with van der Waals surface area (Å²) in [6, 6.07) is 49.7. The molecule has 0 fully saturated rings. The minimum Gasteiger partial charge on any atom is -0.228 e. The van der Waals surface area contributed by atoms with E-state index in [4.69, 9.17) is 24.9 Å². The van der Waals surface area contributed by atoms with E-state index in [9.17, 15) is 0 Å². The SMILES string of the molecule is C=Cc1cccc(-c2cc(/C(C)=C/C)nc(-c3ccc(-c4ccc5ccccc5c4-c4nc(-c5ccccc5)nc(-c5ccccc5)n4)cc3)n2)c1C. The summed E-state index contributed by atoms with van der Waals surface area (Å²) in [6.07, 6.45) is 3.97. The quantitative estimate of drug-likeness (QED) is 0.159. The van der Waals surface area contributed by atoms with Crippen LogP contribution in [-0.4, -0.2) is 24.9 Å². The summed E-state index contributed by atoms with van der Waals surface area (Å²) < 4.78 is 0. The van der Waals surface area contributed by atoms with E-state index in [1.165, 1.54) is 0 Å². The van der Waals surface area contributed by atoms with E-state index >= 15 is 0 Å². The molecule has 6 aromatic carbocycles. The molecule has 0 amide bonds. The van der Waals surface area contributed by atoms with Crippen molar-refractivity contribution in [3.63, 3.8) is 0 Å². The summed E-state index contributed by atoms with van der Waals surface area (Å²) in [5.74, 6) is 2.54. The van der Waals surface area contributed by atoms with Crippen molar-refractivity contribution in [2.24, 2.45) is 0 Å². The molecule has 0 N–H and O–H groups in total. The highest BCUT2D eigenvalue weighted by molar-refractivity contribution is 6.03. The third-order valence-corrected chi connectivity index (χ3v) is 9.74. The Kier molecular flexibility index (Phi) is 9.05. The Balaban J connectivity index is 1.28. The first kappa shape index (κ1) is 33.3. The number of benzene rings is 6. The first-order valence-electron chi connectivity index (χ1n) is 17.8. The van der Waals surface area contributed by atoms with E-state index in [1.54, 1.807) is 0 Å². The highest BCUT2D eigenvalue weighted by Crippen LogP contribution is 2.39. The average Bonchev–Trinajstić information content (AvgIpc) is 3.23. The fourth-order valence-electron chi connectivity index (χ4n) is 6.69. The lowest BCUT2D eigenvalue weighted by Crippen LogP contribution is -2.01. The Hall–Kier alpha value is -6.85. The maximum Gasteiger partial charge on any atom is 0.165 e. The lowest BCUT2D eigenvalue weighted by Gasteiger charge is -2.15. The highest BCUT2D eigenvalue weighted by atomic mass is 15.0. The molecule has 53 heavy (non-hydrogen) atoms. The van der Waals surface area contributed by atoms with Crippen LogP contribution in [0.25, 0.3) is 90.4 Å². The Bertz CT molecular complexity index is 2590. The van der Waals surface area contributed by atoms with Crippen molar-refractivity contribution >= 4 is 22.4 Å². The van der Waals surface area contributed by atoms with Gasteiger partial charge >= 0.3 is 0 Å². The van der Waals surface area contributed by atoms with Gasteiger partial charge < -0.3 is 0 Å². The van der Waals surface area contributed by atoms with E-state index in [1.807, 2.05) is 73.7 Å². The molecule has 0 aliphatic carbocycles. The minimum atomic E-state index is 0.619. The normalized spacial score (nSPS) is 11.5. The van der Waals surface area contributed by atoms with Gasteiger partial charge in [0.25, 0.3) is 0 Å². The van der Waals surface area contributed by atoms with Gasteiger partial charge in [-0.3, -0.25) is 0 Å². The molecule has 0 radical (unpaired) electrons.